The summed E-state index contributed by atoms with van der Waals surface area (Å²) in [6.45, 7) is 0.790. The Morgan fingerprint density at radius 3 is 2.88 bits per heavy atom. The molecule has 1 aliphatic rings. The van der Waals surface area contributed by atoms with Gasteiger partial charge in [-0.2, -0.15) is 11.8 Å². The summed E-state index contributed by atoms with van der Waals surface area (Å²) in [5.74, 6) is 3.39. The molecule has 1 aliphatic heterocycles. The third-order valence-electron chi connectivity index (χ3n) is 3.08. The fourth-order valence-electron chi connectivity index (χ4n) is 2.05. The van der Waals surface area contributed by atoms with E-state index in [4.69, 9.17) is 16.3 Å². The zero-order chi connectivity index (χ0) is 12.1. The van der Waals surface area contributed by atoms with E-state index in [0.29, 0.717) is 6.04 Å². The van der Waals surface area contributed by atoms with Crippen molar-refractivity contribution in [1.82, 2.24) is 5.32 Å². The SMILES string of the molecule is COc1cccc(Cl)c1CNC1CCSCC1. The van der Waals surface area contributed by atoms with Gasteiger partial charge in [0.25, 0.3) is 0 Å². The van der Waals surface area contributed by atoms with Crippen molar-refractivity contribution in [2.45, 2.75) is 25.4 Å². The van der Waals surface area contributed by atoms with Crippen LogP contribution >= 0.6 is 23.4 Å². The third-order valence-corrected chi connectivity index (χ3v) is 4.49. The highest BCUT2D eigenvalue weighted by Gasteiger charge is 2.14. The summed E-state index contributed by atoms with van der Waals surface area (Å²) in [4.78, 5) is 0. The highest BCUT2D eigenvalue weighted by Crippen LogP contribution is 2.26. The van der Waals surface area contributed by atoms with Crippen LogP contribution in [-0.2, 0) is 6.54 Å². The molecular formula is C13H18ClNOS. The van der Waals surface area contributed by atoms with Crippen molar-refractivity contribution in [1.29, 1.82) is 0 Å². The highest BCUT2D eigenvalue weighted by atomic mass is 35.5. The third kappa shape index (κ3) is 3.54. The summed E-state index contributed by atoms with van der Waals surface area (Å²) in [5.41, 5.74) is 1.06. The van der Waals surface area contributed by atoms with Crippen LogP contribution < -0.4 is 10.1 Å². The zero-order valence-corrected chi connectivity index (χ0v) is 11.6. The van der Waals surface area contributed by atoms with E-state index in [0.717, 1.165) is 22.9 Å². The van der Waals surface area contributed by atoms with E-state index in [2.05, 4.69) is 5.32 Å². The summed E-state index contributed by atoms with van der Waals surface area (Å²) < 4.78 is 5.34. The number of methoxy groups -OCH3 is 1. The van der Waals surface area contributed by atoms with Gasteiger partial charge >= 0.3 is 0 Å². The summed E-state index contributed by atoms with van der Waals surface area (Å²) in [6.07, 6.45) is 2.49. The Hall–Kier alpha value is -0.380. The molecule has 0 aliphatic carbocycles. The number of benzene rings is 1. The average Bonchev–Trinajstić information content (AvgIpc) is 2.38. The Balaban J connectivity index is 1.97. The van der Waals surface area contributed by atoms with Crippen LogP contribution in [0.5, 0.6) is 5.75 Å². The Bertz CT molecular complexity index is 366. The number of thioether (sulfide) groups is 1. The predicted molar refractivity (Wildman–Crippen MR) is 75.2 cm³/mol. The normalized spacial score (nSPS) is 17.1. The molecular weight excluding hydrogens is 254 g/mol. The van der Waals surface area contributed by atoms with Crippen molar-refractivity contribution in [3.63, 3.8) is 0 Å². The molecule has 1 fully saturated rings. The first-order valence-corrected chi connectivity index (χ1v) is 7.47. The number of halogens is 1. The average molecular weight is 272 g/mol. The van der Waals surface area contributed by atoms with Gasteiger partial charge in [-0.15, -0.1) is 0 Å². The quantitative estimate of drug-likeness (QED) is 0.908. The summed E-state index contributed by atoms with van der Waals surface area (Å²) in [7, 11) is 1.69. The van der Waals surface area contributed by atoms with Gasteiger partial charge in [-0.3, -0.25) is 0 Å². The second kappa shape index (κ2) is 6.53. The maximum Gasteiger partial charge on any atom is 0.124 e. The fraction of sp³-hybridized carbons (Fsp3) is 0.538. The molecule has 17 heavy (non-hydrogen) atoms. The Morgan fingerprint density at radius 2 is 2.18 bits per heavy atom. The van der Waals surface area contributed by atoms with Crippen LogP contribution in [0, 0.1) is 0 Å². The maximum absolute atomic E-state index is 6.20. The van der Waals surface area contributed by atoms with Gasteiger partial charge in [-0.25, -0.2) is 0 Å². The van der Waals surface area contributed by atoms with E-state index >= 15 is 0 Å². The Labute approximate surface area is 112 Å². The minimum atomic E-state index is 0.622. The smallest absolute Gasteiger partial charge is 0.124 e. The molecule has 0 saturated carbocycles. The molecule has 1 saturated heterocycles. The van der Waals surface area contributed by atoms with Gasteiger partial charge in [0, 0.05) is 23.2 Å². The van der Waals surface area contributed by atoms with Crippen molar-refractivity contribution in [3.05, 3.63) is 28.8 Å². The number of hydrogen-bond donors (Lipinski definition) is 1. The van der Waals surface area contributed by atoms with Crippen LogP contribution in [0.15, 0.2) is 18.2 Å². The zero-order valence-electron chi connectivity index (χ0n) is 10.0. The fourth-order valence-corrected chi connectivity index (χ4v) is 3.39. The molecule has 2 nitrogen and oxygen atoms in total. The van der Waals surface area contributed by atoms with Crippen LogP contribution in [-0.4, -0.2) is 24.7 Å². The van der Waals surface area contributed by atoms with Crippen LogP contribution in [0.1, 0.15) is 18.4 Å². The lowest BCUT2D eigenvalue weighted by atomic mass is 10.1. The van der Waals surface area contributed by atoms with E-state index in [1.54, 1.807) is 7.11 Å². The molecule has 0 radical (unpaired) electrons. The van der Waals surface area contributed by atoms with E-state index < -0.39 is 0 Å². The van der Waals surface area contributed by atoms with Crippen LogP contribution in [0.3, 0.4) is 0 Å². The Morgan fingerprint density at radius 1 is 1.41 bits per heavy atom. The second-order valence-electron chi connectivity index (χ2n) is 4.19. The molecule has 0 unspecified atom stereocenters. The minimum Gasteiger partial charge on any atom is -0.496 e. The molecule has 0 atom stereocenters. The van der Waals surface area contributed by atoms with E-state index in [-0.39, 0.29) is 0 Å². The van der Waals surface area contributed by atoms with Crippen molar-refractivity contribution in [2.24, 2.45) is 0 Å². The first-order valence-electron chi connectivity index (χ1n) is 5.94. The molecule has 0 bridgehead atoms. The molecule has 0 amide bonds. The van der Waals surface area contributed by atoms with Gasteiger partial charge in [0.1, 0.15) is 5.75 Å². The molecule has 94 valence electrons. The maximum atomic E-state index is 6.20. The highest BCUT2D eigenvalue weighted by molar-refractivity contribution is 7.99. The molecule has 4 heteroatoms. The van der Waals surface area contributed by atoms with Crippen molar-refractivity contribution >= 4 is 23.4 Å². The molecule has 1 N–H and O–H groups in total. The van der Waals surface area contributed by atoms with Crippen LogP contribution in [0.2, 0.25) is 5.02 Å². The molecule has 0 spiro atoms. The summed E-state index contributed by atoms with van der Waals surface area (Å²) in [5, 5.41) is 4.36. The lowest BCUT2D eigenvalue weighted by Gasteiger charge is -2.23. The van der Waals surface area contributed by atoms with Gasteiger partial charge in [0.15, 0.2) is 0 Å². The van der Waals surface area contributed by atoms with Crippen molar-refractivity contribution in [2.75, 3.05) is 18.6 Å². The minimum absolute atomic E-state index is 0.622. The van der Waals surface area contributed by atoms with E-state index in [9.17, 15) is 0 Å². The molecule has 1 heterocycles. The standard InChI is InChI=1S/C13H18ClNOS/c1-16-13-4-2-3-12(14)11(13)9-15-10-5-7-17-8-6-10/h2-4,10,15H,5-9H2,1H3. The molecule has 0 aromatic heterocycles. The van der Waals surface area contributed by atoms with Crippen molar-refractivity contribution in [3.8, 4) is 5.75 Å². The number of ether oxygens (including phenoxy) is 1. The van der Waals surface area contributed by atoms with Crippen molar-refractivity contribution < 1.29 is 4.74 Å². The second-order valence-corrected chi connectivity index (χ2v) is 5.82. The Kier molecular flexibility index (Phi) is 5.01. The van der Waals surface area contributed by atoms with Crippen LogP contribution in [0.4, 0.5) is 0 Å². The lowest BCUT2D eigenvalue weighted by Crippen LogP contribution is -2.32. The molecule has 1 aromatic rings. The lowest BCUT2D eigenvalue weighted by molar-refractivity contribution is 0.403. The summed E-state index contributed by atoms with van der Waals surface area (Å²) in [6, 6.07) is 6.41. The summed E-state index contributed by atoms with van der Waals surface area (Å²) >= 11 is 8.24. The first kappa shape index (κ1) is 13.1. The van der Waals surface area contributed by atoms with E-state index in [1.165, 1.54) is 24.3 Å². The van der Waals surface area contributed by atoms with Gasteiger partial charge < -0.3 is 10.1 Å². The van der Waals surface area contributed by atoms with E-state index in [1.807, 2.05) is 30.0 Å². The number of hydrogen-bond acceptors (Lipinski definition) is 3. The topological polar surface area (TPSA) is 21.3 Å². The molecule has 2 rings (SSSR count). The molecule has 1 aromatic carbocycles. The van der Waals surface area contributed by atoms with Gasteiger partial charge in [-0.1, -0.05) is 17.7 Å². The number of rotatable bonds is 4. The van der Waals surface area contributed by atoms with Crippen LogP contribution in [0.25, 0.3) is 0 Å². The number of nitrogens with one attached hydrogen (secondary N) is 1. The monoisotopic (exact) mass is 271 g/mol. The predicted octanol–water partition coefficient (Wildman–Crippen LogP) is 3.33. The largest absolute Gasteiger partial charge is 0.496 e. The van der Waals surface area contributed by atoms with Gasteiger partial charge in [-0.05, 0) is 36.5 Å². The first-order chi connectivity index (χ1) is 8.31. The van der Waals surface area contributed by atoms with Gasteiger partial charge in [0.05, 0.1) is 7.11 Å². The van der Waals surface area contributed by atoms with Gasteiger partial charge in [0.2, 0.25) is 0 Å².